The number of esters is 1. The number of aliphatic hydroxyl groups is 1. The van der Waals surface area contributed by atoms with Crippen molar-refractivity contribution in [2.24, 2.45) is 23.7 Å². The molecule has 7 heteroatoms. The second kappa shape index (κ2) is 12.8. The van der Waals surface area contributed by atoms with Crippen molar-refractivity contribution in [1.82, 2.24) is 10.2 Å². The van der Waals surface area contributed by atoms with Crippen LogP contribution in [-0.4, -0.2) is 60.1 Å². The van der Waals surface area contributed by atoms with Gasteiger partial charge in [0.05, 0.1) is 18.4 Å². The Hall–Kier alpha value is -1.89. The van der Waals surface area contributed by atoms with Crippen molar-refractivity contribution >= 4 is 17.8 Å². The fourth-order valence-electron chi connectivity index (χ4n) is 4.99. The molecular weight excluding hydrogens is 396 g/mol. The van der Waals surface area contributed by atoms with E-state index >= 15 is 0 Å². The van der Waals surface area contributed by atoms with Gasteiger partial charge in [0, 0.05) is 25.6 Å². The van der Waals surface area contributed by atoms with Crippen LogP contribution >= 0.6 is 0 Å². The Kier molecular flexibility index (Phi) is 10.5. The van der Waals surface area contributed by atoms with E-state index in [0.717, 1.165) is 32.1 Å². The van der Waals surface area contributed by atoms with Gasteiger partial charge < -0.3 is 20.1 Å². The molecule has 1 aliphatic carbocycles. The topological polar surface area (TPSA) is 95.9 Å². The number of carbonyl (C=O) groups excluding carboxylic acids is 3. The molecular formula is C24H40N2O5. The Labute approximate surface area is 186 Å². The van der Waals surface area contributed by atoms with Crippen molar-refractivity contribution in [2.45, 2.75) is 71.8 Å². The van der Waals surface area contributed by atoms with Gasteiger partial charge in [-0.2, -0.15) is 0 Å². The lowest BCUT2D eigenvalue weighted by molar-refractivity contribution is -0.155. The maximum atomic E-state index is 13.5. The Morgan fingerprint density at radius 2 is 1.87 bits per heavy atom. The standard InChI is InChI=1S/C24H40N2O5/c1-4-7-8-14-25-22(28)21-18-13-12-17(11-5-2)19(24(30)31-6-3)20(18)23(29)26(21)15-9-10-16-27/h12-13,17-21,27H,4-11,14-16H2,1-3H3,(H,25,28)/t17-,18+,19-,20-,21+/m1/s1. The second-order valence-electron chi connectivity index (χ2n) is 8.62. The average molecular weight is 437 g/mol. The van der Waals surface area contributed by atoms with Crippen LogP contribution in [0.1, 0.15) is 65.7 Å². The van der Waals surface area contributed by atoms with Gasteiger partial charge in [0.1, 0.15) is 6.04 Å². The summed E-state index contributed by atoms with van der Waals surface area (Å²) in [6.07, 6.45) is 9.91. The van der Waals surface area contributed by atoms with Crippen LogP contribution in [0.5, 0.6) is 0 Å². The number of carbonyl (C=O) groups is 3. The smallest absolute Gasteiger partial charge is 0.310 e. The predicted octanol–water partition coefficient (Wildman–Crippen LogP) is 2.67. The predicted molar refractivity (Wildman–Crippen MR) is 119 cm³/mol. The molecule has 31 heavy (non-hydrogen) atoms. The molecule has 0 aromatic rings. The summed E-state index contributed by atoms with van der Waals surface area (Å²) in [6, 6.07) is -0.617. The molecule has 0 radical (unpaired) electrons. The molecule has 1 aliphatic heterocycles. The summed E-state index contributed by atoms with van der Waals surface area (Å²) in [4.78, 5) is 41.2. The Bertz CT molecular complexity index is 635. The quantitative estimate of drug-likeness (QED) is 0.263. The summed E-state index contributed by atoms with van der Waals surface area (Å²) < 4.78 is 5.36. The van der Waals surface area contributed by atoms with E-state index in [-0.39, 0.29) is 42.8 Å². The number of hydrogen-bond acceptors (Lipinski definition) is 5. The number of nitrogens with zero attached hydrogens (tertiary/aromatic N) is 1. The van der Waals surface area contributed by atoms with Gasteiger partial charge in [-0.1, -0.05) is 45.3 Å². The monoisotopic (exact) mass is 436 g/mol. The SMILES string of the molecule is CCCCCNC(=O)[C@@H]1[C@H]2C=C[C@@H](CCC)[C@@H](C(=O)OCC)[C@@H]2C(=O)N1CCCCO. The zero-order valence-electron chi connectivity index (χ0n) is 19.3. The minimum Gasteiger partial charge on any atom is -0.466 e. The third kappa shape index (κ3) is 6.09. The minimum atomic E-state index is -0.617. The zero-order valence-corrected chi connectivity index (χ0v) is 19.3. The normalized spacial score (nSPS) is 27.3. The maximum Gasteiger partial charge on any atom is 0.310 e. The number of likely N-dealkylation sites (tertiary alicyclic amines) is 1. The number of amides is 2. The maximum absolute atomic E-state index is 13.5. The van der Waals surface area contributed by atoms with Crippen molar-refractivity contribution in [3.05, 3.63) is 12.2 Å². The number of fused-ring (bicyclic) bond motifs is 1. The summed E-state index contributed by atoms with van der Waals surface area (Å²) in [6.45, 7) is 7.25. The highest BCUT2D eigenvalue weighted by atomic mass is 16.5. The van der Waals surface area contributed by atoms with Crippen LogP contribution in [0.2, 0.25) is 0 Å². The third-order valence-electron chi connectivity index (χ3n) is 6.45. The third-order valence-corrected chi connectivity index (χ3v) is 6.45. The first-order valence-electron chi connectivity index (χ1n) is 12.1. The molecule has 0 aromatic carbocycles. The Balaban J connectivity index is 2.31. The summed E-state index contributed by atoms with van der Waals surface area (Å²) in [5.41, 5.74) is 0. The average Bonchev–Trinajstić information content (AvgIpc) is 3.03. The highest BCUT2D eigenvalue weighted by Gasteiger charge is 2.57. The van der Waals surface area contributed by atoms with Crippen LogP contribution in [0.3, 0.4) is 0 Å². The van der Waals surface area contributed by atoms with Crippen LogP contribution in [-0.2, 0) is 19.1 Å². The van der Waals surface area contributed by atoms with Crippen molar-refractivity contribution in [2.75, 3.05) is 26.3 Å². The number of rotatable bonds is 13. The van der Waals surface area contributed by atoms with Gasteiger partial charge in [0.15, 0.2) is 0 Å². The second-order valence-corrected chi connectivity index (χ2v) is 8.62. The number of allylic oxidation sites excluding steroid dienone is 1. The van der Waals surface area contributed by atoms with Gasteiger partial charge in [0.2, 0.25) is 11.8 Å². The van der Waals surface area contributed by atoms with Crippen LogP contribution in [0.25, 0.3) is 0 Å². The Morgan fingerprint density at radius 3 is 2.52 bits per heavy atom. The van der Waals surface area contributed by atoms with Gasteiger partial charge in [-0.25, -0.2) is 0 Å². The first-order chi connectivity index (χ1) is 15.0. The molecule has 0 aromatic heterocycles. The van der Waals surface area contributed by atoms with E-state index in [9.17, 15) is 14.4 Å². The number of hydrogen-bond donors (Lipinski definition) is 2. The Morgan fingerprint density at radius 1 is 1.10 bits per heavy atom. The molecule has 2 amide bonds. The zero-order chi connectivity index (χ0) is 22.8. The van der Waals surface area contributed by atoms with E-state index in [0.29, 0.717) is 25.9 Å². The van der Waals surface area contributed by atoms with Gasteiger partial charge in [-0.3, -0.25) is 14.4 Å². The molecule has 0 saturated carbocycles. The molecule has 7 nitrogen and oxygen atoms in total. The molecule has 2 N–H and O–H groups in total. The van der Waals surface area contributed by atoms with Gasteiger partial charge in [0.25, 0.3) is 0 Å². The molecule has 5 atom stereocenters. The first kappa shape index (κ1) is 25.4. The van der Waals surface area contributed by atoms with Crippen molar-refractivity contribution < 1.29 is 24.2 Å². The van der Waals surface area contributed by atoms with E-state index < -0.39 is 17.9 Å². The largest absolute Gasteiger partial charge is 0.466 e. The van der Waals surface area contributed by atoms with E-state index in [4.69, 9.17) is 9.84 Å². The van der Waals surface area contributed by atoms with Crippen LogP contribution < -0.4 is 5.32 Å². The van der Waals surface area contributed by atoms with Crippen molar-refractivity contribution in [3.63, 3.8) is 0 Å². The summed E-state index contributed by atoms with van der Waals surface area (Å²) >= 11 is 0. The van der Waals surface area contributed by atoms with E-state index in [1.807, 2.05) is 12.2 Å². The fraction of sp³-hybridized carbons (Fsp3) is 0.792. The molecule has 1 saturated heterocycles. The molecule has 2 rings (SSSR count). The van der Waals surface area contributed by atoms with E-state index in [1.54, 1.807) is 11.8 Å². The fourth-order valence-corrected chi connectivity index (χ4v) is 4.99. The highest BCUT2D eigenvalue weighted by Crippen LogP contribution is 2.45. The molecule has 2 aliphatic rings. The molecule has 1 fully saturated rings. The van der Waals surface area contributed by atoms with Crippen LogP contribution in [0.15, 0.2) is 12.2 Å². The lowest BCUT2D eigenvalue weighted by Crippen LogP contribution is -2.47. The van der Waals surface area contributed by atoms with Gasteiger partial charge >= 0.3 is 5.97 Å². The molecule has 1 heterocycles. The van der Waals surface area contributed by atoms with Crippen molar-refractivity contribution in [3.8, 4) is 0 Å². The van der Waals surface area contributed by atoms with E-state index in [1.165, 1.54) is 0 Å². The lowest BCUT2D eigenvalue weighted by atomic mass is 9.69. The van der Waals surface area contributed by atoms with Crippen LogP contribution in [0.4, 0.5) is 0 Å². The molecule has 0 unspecified atom stereocenters. The van der Waals surface area contributed by atoms with E-state index in [2.05, 4.69) is 19.2 Å². The molecule has 0 bridgehead atoms. The van der Waals surface area contributed by atoms with Crippen molar-refractivity contribution in [1.29, 1.82) is 0 Å². The highest BCUT2D eigenvalue weighted by molar-refractivity contribution is 5.96. The summed E-state index contributed by atoms with van der Waals surface area (Å²) in [7, 11) is 0. The summed E-state index contributed by atoms with van der Waals surface area (Å²) in [5.74, 6) is -2.15. The number of aliphatic hydroxyl groups excluding tert-OH is 1. The minimum absolute atomic E-state index is 0.0483. The number of ether oxygens (including phenoxy) is 1. The summed E-state index contributed by atoms with van der Waals surface area (Å²) in [5, 5.41) is 12.2. The van der Waals surface area contributed by atoms with Crippen LogP contribution in [0, 0.1) is 23.7 Å². The van der Waals surface area contributed by atoms with Gasteiger partial charge in [-0.15, -0.1) is 0 Å². The first-order valence-corrected chi connectivity index (χ1v) is 12.1. The number of unbranched alkanes of at least 4 members (excludes halogenated alkanes) is 3. The van der Waals surface area contributed by atoms with Gasteiger partial charge in [-0.05, 0) is 38.5 Å². The lowest BCUT2D eigenvalue weighted by Gasteiger charge is -2.33. The molecule has 0 spiro atoms. The number of nitrogens with one attached hydrogen (secondary N) is 1. The molecule has 176 valence electrons.